The van der Waals surface area contributed by atoms with Gasteiger partial charge in [0, 0.05) is 17.8 Å². The van der Waals surface area contributed by atoms with E-state index in [4.69, 9.17) is 4.74 Å². The monoisotopic (exact) mass is 366 g/mol. The van der Waals surface area contributed by atoms with Crippen LogP contribution in [0.25, 0.3) is 0 Å². The van der Waals surface area contributed by atoms with Crippen LogP contribution in [0.5, 0.6) is 0 Å². The first-order valence-corrected chi connectivity index (χ1v) is 9.52. The van der Waals surface area contributed by atoms with Gasteiger partial charge in [-0.2, -0.15) is 0 Å². The molecule has 1 aromatic rings. The van der Waals surface area contributed by atoms with Crippen LogP contribution in [0.1, 0.15) is 77.9 Å². The minimum Gasteiger partial charge on any atom is -0.444 e. The minimum atomic E-state index is -0.997. The minimum absolute atomic E-state index is 0.0125. The lowest BCUT2D eigenvalue weighted by molar-refractivity contribution is -0.0210. The summed E-state index contributed by atoms with van der Waals surface area (Å²) in [6.07, 6.45) is 6.38. The number of amides is 1. The second-order valence-electron chi connectivity index (χ2n) is 8.06. The van der Waals surface area contributed by atoms with Crippen molar-refractivity contribution in [2.45, 2.75) is 90.0 Å². The second kappa shape index (κ2) is 8.80. The normalized spacial score (nSPS) is 22.6. The maximum absolute atomic E-state index is 13.6. The van der Waals surface area contributed by atoms with Crippen LogP contribution in [0.2, 0.25) is 0 Å². The molecule has 1 amide bonds. The van der Waals surface area contributed by atoms with Crippen LogP contribution in [-0.4, -0.2) is 38.8 Å². The standard InChI is InChI=1S/C20H31FN2O3/c1-5-8-16-9-6-7-10-17(23(16)19(25)26-20(2,3)4)18(24)14-11-15(21)13-22-12-14/h11-13,16-18,24H,5-10H2,1-4H3/t16-,17-,18+/m1/s1. The molecule has 0 radical (unpaired) electrons. The van der Waals surface area contributed by atoms with E-state index in [0.717, 1.165) is 38.3 Å². The third-order valence-corrected chi connectivity index (χ3v) is 4.70. The lowest BCUT2D eigenvalue weighted by atomic mass is 9.98. The molecular weight excluding hydrogens is 335 g/mol. The molecule has 0 aromatic carbocycles. The number of aliphatic hydroxyl groups excluding tert-OH is 1. The number of hydrogen-bond donors (Lipinski definition) is 1. The Balaban J connectivity index is 2.35. The molecule has 2 heterocycles. The highest BCUT2D eigenvalue weighted by atomic mass is 19.1. The fourth-order valence-corrected chi connectivity index (χ4v) is 3.62. The summed E-state index contributed by atoms with van der Waals surface area (Å²) < 4.78 is 19.2. The van der Waals surface area contributed by atoms with Gasteiger partial charge in [-0.1, -0.05) is 26.2 Å². The van der Waals surface area contributed by atoms with Gasteiger partial charge in [0.15, 0.2) is 0 Å². The number of likely N-dealkylation sites (tertiary alicyclic amines) is 1. The summed E-state index contributed by atoms with van der Waals surface area (Å²) in [5, 5.41) is 10.9. The van der Waals surface area contributed by atoms with E-state index in [2.05, 4.69) is 11.9 Å². The summed E-state index contributed by atoms with van der Waals surface area (Å²) in [4.78, 5) is 18.5. The summed E-state index contributed by atoms with van der Waals surface area (Å²) in [5.41, 5.74) is -0.225. The number of carbonyl (C=O) groups excluding carboxylic acids is 1. The predicted molar refractivity (Wildman–Crippen MR) is 98.2 cm³/mol. The third kappa shape index (κ3) is 5.40. The largest absolute Gasteiger partial charge is 0.444 e. The summed E-state index contributed by atoms with van der Waals surface area (Å²) in [6, 6.07) is 0.844. The Hall–Kier alpha value is -1.69. The van der Waals surface area contributed by atoms with Crippen molar-refractivity contribution in [2.24, 2.45) is 0 Å². The fourth-order valence-electron chi connectivity index (χ4n) is 3.62. The molecular formula is C20H31FN2O3. The molecule has 1 saturated heterocycles. The van der Waals surface area contributed by atoms with Crippen LogP contribution in [0.4, 0.5) is 9.18 Å². The second-order valence-corrected chi connectivity index (χ2v) is 8.06. The first-order chi connectivity index (χ1) is 12.2. The SMILES string of the molecule is CCC[C@@H]1CCCC[C@H]([C@@H](O)c2cncc(F)c2)N1C(=O)OC(C)(C)C. The van der Waals surface area contributed by atoms with Crippen molar-refractivity contribution in [3.8, 4) is 0 Å². The zero-order chi connectivity index (χ0) is 19.3. The molecule has 1 fully saturated rings. The zero-order valence-corrected chi connectivity index (χ0v) is 16.2. The van der Waals surface area contributed by atoms with E-state index in [1.54, 1.807) is 4.90 Å². The van der Waals surface area contributed by atoms with Crippen molar-refractivity contribution in [1.29, 1.82) is 0 Å². The molecule has 0 saturated carbocycles. The molecule has 1 aliphatic heterocycles. The topological polar surface area (TPSA) is 62.7 Å². The Labute approximate surface area is 155 Å². The van der Waals surface area contributed by atoms with E-state index in [9.17, 15) is 14.3 Å². The van der Waals surface area contributed by atoms with E-state index in [1.165, 1.54) is 12.3 Å². The Morgan fingerprint density at radius 2 is 2.08 bits per heavy atom. The molecule has 5 nitrogen and oxygen atoms in total. The molecule has 1 aliphatic rings. The van der Waals surface area contributed by atoms with Gasteiger partial charge in [-0.15, -0.1) is 0 Å². The molecule has 26 heavy (non-hydrogen) atoms. The van der Waals surface area contributed by atoms with Gasteiger partial charge in [0.25, 0.3) is 0 Å². The lowest BCUT2D eigenvalue weighted by Gasteiger charge is -2.39. The number of hydrogen-bond acceptors (Lipinski definition) is 4. The Kier molecular flexibility index (Phi) is 6.98. The maximum Gasteiger partial charge on any atom is 0.410 e. The lowest BCUT2D eigenvalue weighted by Crippen LogP contribution is -2.50. The fraction of sp³-hybridized carbons (Fsp3) is 0.700. The molecule has 146 valence electrons. The Morgan fingerprint density at radius 1 is 1.38 bits per heavy atom. The van der Waals surface area contributed by atoms with Crippen LogP contribution in [-0.2, 0) is 4.74 Å². The molecule has 3 atom stereocenters. The van der Waals surface area contributed by atoms with Gasteiger partial charge in [-0.3, -0.25) is 9.88 Å². The van der Waals surface area contributed by atoms with Crippen LogP contribution in [0.3, 0.4) is 0 Å². The van der Waals surface area contributed by atoms with E-state index in [-0.39, 0.29) is 6.04 Å². The van der Waals surface area contributed by atoms with Crippen LogP contribution >= 0.6 is 0 Å². The van der Waals surface area contributed by atoms with E-state index < -0.39 is 29.7 Å². The zero-order valence-electron chi connectivity index (χ0n) is 16.2. The number of ether oxygens (including phenoxy) is 1. The van der Waals surface area contributed by atoms with E-state index in [1.807, 2.05) is 20.8 Å². The molecule has 0 spiro atoms. The number of pyridine rings is 1. The molecule has 1 aromatic heterocycles. The quantitative estimate of drug-likeness (QED) is 0.846. The highest BCUT2D eigenvalue weighted by Crippen LogP contribution is 2.33. The van der Waals surface area contributed by atoms with Gasteiger partial charge in [0.05, 0.1) is 12.2 Å². The first-order valence-electron chi connectivity index (χ1n) is 9.52. The number of aliphatic hydroxyl groups is 1. The third-order valence-electron chi connectivity index (χ3n) is 4.70. The molecule has 0 aliphatic carbocycles. The average Bonchev–Trinajstić information content (AvgIpc) is 2.75. The van der Waals surface area contributed by atoms with Crippen molar-refractivity contribution in [3.63, 3.8) is 0 Å². The first kappa shape index (κ1) is 20.6. The molecule has 2 rings (SSSR count). The van der Waals surface area contributed by atoms with Crippen LogP contribution in [0, 0.1) is 5.82 Å². The van der Waals surface area contributed by atoms with Gasteiger partial charge in [0.1, 0.15) is 17.5 Å². The van der Waals surface area contributed by atoms with Crippen LogP contribution < -0.4 is 0 Å². The Morgan fingerprint density at radius 3 is 2.69 bits per heavy atom. The molecule has 0 unspecified atom stereocenters. The van der Waals surface area contributed by atoms with Crippen molar-refractivity contribution in [3.05, 3.63) is 29.8 Å². The van der Waals surface area contributed by atoms with Crippen LogP contribution in [0.15, 0.2) is 18.5 Å². The number of carbonyl (C=O) groups is 1. The van der Waals surface area contributed by atoms with Crippen molar-refractivity contribution < 1.29 is 19.0 Å². The molecule has 1 N–H and O–H groups in total. The van der Waals surface area contributed by atoms with Gasteiger partial charge >= 0.3 is 6.09 Å². The highest BCUT2D eigenvalue weighted by molar-refractivity contribution is 5.69. The highest BCUT2D eigenvalue weighted by Gasteiger charge is 2.39. The smallest absolute Gasteiger partial charge is 0.410 e. The predicted octanol–water partition coefficient (Wildman–Crippen LogP) is 4.60. The number of nitrogens with zero attached hydrogens (tertiary/aromatic N) is 2. The summed E-state index contributed by atoms with van der Waals surface area (Å²) in [6.45, 7) is 7.58. The average molecular weight is 366 g/mol. The molecule has 6 heteroatoms. The maximum atomic E-state index is 13.6. The van der Waals surface area contributed by atoms with E-state index in [0.29, 0.717) is 12.0 Å². The summed E-state index contributed by atoms with van der Waals surface area (Å²) in [5.74, 6) is -0.496. The number of rotatable bonds is 4. The van der Waals surface area contributed by atoms with Crippen molar-refractivity contribution in [2.75, 3.05) is 0 Å². The summed E-state index contributed by atoms with van der Waals surface area (Å²) >= 11 is 0. The summed E-state index contributed by atoms with van der Waals surface area (Å²) in [7, 11) is 0. The van der Waals surface area contributed by atoms with E-state index >= 15 is 0 Å². The molecule has 0 bridgehead atoms. The number of halogens is 1. The number of aromatic nitrogens is 1. The Bertz CT molecular complexity index is 603. The van der Waals surface area contributed by atoms with Gasteiger partial charge in [-0.05, 0) is 46.1 Å². The van der Waals surface area contributed by atoms with Gasteiger partial charge in [0.2, 0.25) is 0 Å². The van der Waals surface area contributed by atoms with Gasteiger partial charge in [-0.25, -0.2) is 9.18 Å². The van der Waals surface area contributed by atoms with Crippen molar-refractivity contribution >= 4 is 6.09 Å². The van der Waals surface area contributed by atoms with Gasteiger partial charge < -0.3 is 9.84 Å². The van der Waals surface area contributed by atoms with Crippen molar-refractivity contribution in [1.82, 2.24) is 9.88 Å².